The number of phenols is 2. The van der Waals surface area contributed by atoms with E-state index >= 15 is 0 Å². The van der Waals surface area contributed by atoms with Gasteiger partial charge in [0.15, 0.2) is 0 Å². The Bertz CT molecular complexity index is 1530. The maximum Gasteiger partial charge on any atom is 0.143 e. The minimum absolute atomic E-state index is 0.0878. The molecule has 5 heteroatoms. The molecule has 0 bridgehead atoms. The second-order valence-electron chi connectivity index (χ2n) is 7.45. The zero-order valence-electron chi connectivity index (χ0n) is 16.8. The summed E-state index contributed by atoms with van der Waals surface area (Å²) in [5.74, 6) is 0.0836. The van der Waals surface area contributed by atoms with Crippen molar-refractivity contribution >= 4 is 56.6 Å². The van der Waals surface area contributed by atoms with E-state index in [1.165, 1.54) is 12.3 Å². The maximum atomic E-state index is 10.9. The minimum Gasteiger partial charge on any atom is -0.507 e. The first-order chi connectivity index (χ1) is 15.5. The number of aromatic hydroxyl groups is 2. The molecule has 0 aliphatic carbocycles. The number of rotatable bonds is 3. The Morgan fingerprint density at radius 3 is 2.03 bits per heavy atom. The predicted octanol–water partition coefficient (Wildman–Crippen LogP) is 8.13. The number of hydrogen-bond donors (Lipinski definition) is 2. The summed E-state index contributed by atoms with van der Waals surface area (Å²) in [6.07, 6.45) is 1.53. The van der Waals surface area contributed by atoms with Crippen LogP contribution in [0.3, 0.4) is 0 Å². The van der Waals surface area contributed by atoms with Gasteiger partial charge in [0.05, 0.1) is 10.7 Å². The van der Waals surface area contributed by atoms with E-state index in [4.69, 9.17) is 23.2 Å². The molecule has 0 fully saturated rings. The molecule has 0 heterocycles. The zero-order valence-corrected chi connectivity index (χ0v) is 18.3. The standard InChI is InChI=1S/C27H17Cl2NO2/c28-19-13-18(27(32)22(29)14-19)15-30-23-11-9-16-5-1-3-7-20(16)25(23)26-21-8-4-2-6-17(21)10-12-24(26)31/h1-15,31-32H. The first-order valence-electron chi connectivity index (χ1n) is 9.98. The highest BCUT2D eigenvalue weighted by atomic mass is 35.5. The van der Waals surface area contributed by atoms with E-state index in [9.17, 15) is 10.2 Å². The molecule has 32 heavy (non-hydrogen) atoms. The molecular formula is C27H17Cl2NO2. The first-order valence-corrected chi connectivity index (χ1v) is 10.7. The largest absolute Gasteiger partial charge is 0.507 e. The number of aliphatic imine (C=N–C) groups is 1. The molecular weight excluding hydrogens is 441 g/mol. The van der Waals surface area contributed by atoms with Crippen molar-refractivity contribution in [1.82, 2.24) is 0 Å². The van der Waals surface area contributed by atoms with Gasteiger partial charge in [-0.05, 0) is 45.8 Å². The number of nitrogens with zero attached hydrogens (tertiary/aromatic N) is 1. The van der Waals surface area contributed by atoms with Crippen LogP contribution in [0.1, 0.15) is 5.56 Å². The minimum atomic E-state index is -0.0878. The van der Waals surface area contributed by atoms with Gasteiger partial charge in [-0.25, -0.2) is 0 Å². The molecule has 0 radical (unpaired) electrons. The van der Waals surface area contributed by atoms with Crippen molar-refractivity contribution in [2.75, 3.05) is 0 Å². The fraction of sp³-hybridized carbons (Fsp3) is 0. The van der Waals surface area contributed by atoms with Crippen LogP contribution in [0.25, 0.3) is 32.7 Å². The summed E-state index contributed by atoms with van der Waals surface area (Å²) in [6, 6.07) is 26.5. The van der Waals surface area contributed by atoms with E-state index in [-0.39, 0.29) is 16.5 Å². The van der Waals surface area contributed by atoms with E-state index in [0.717, 1.165) is 27.1 Å². The molecule has 0 aliphatic rings. The van der Waals surface area contributed by atoms with Crippen molar-refractivity contribution in [2.24, 2.45) is 4.99 Å². The Hall–Kier alpha value is -3.53. The van der Waals surface area contributed by atoms with Gasteiger partial charge in [-0.1, -0.05) is 83.9 Å². The van der Waals surface area contributed by atoms with Gasteiger partial charge in [-0.3, -0.25) is 4.99 Å². The van der Waals surface area contributed by atoms with E-state index < -0.39 is 0 Å². The third kappa shape index (κ3) is 3.56. The molecule has 0 aliphatic heterocycles. The molecule has 5 rings (SSSR count). The van der Waals surface area contributed by atoms with Crippen molar-refractivity contribution in [3.63, 3.8) is 0 Å². The molecule has 5 aromatic carbocycles. The molecule has 3 nitrogen and oxygen atoms in total. The normalized spacial score (nSPS) is 11.6. The van der Waals surface area contributed by atoms with Crippen LogP contribution < -0.4 is 0 Å². The predicted molar refractivity (Wildman–Crippen MR) is 134 cm³/mol. The number of benzene rings is 5. The molecule has 0 unspecified atom stereocenters. The van der Waals surface area contributed by atoms with Gasteiger partial charge in [-0.15, -0.1) is 0 Å². The van der Waals surface area contributed by atoms with Crippen molar-refractivity contribution in [3.8, 4) is 22.6 Å². The summed E-state index contributed by atoms with van der Waals surface area (Å²) in [6.45, 7) is 0. The van der Waals surface area contributed by atoms with Gasteiger partial charge in [0, 0.05) is 27.9 Å². The molecule has 0 saturated carbocycles. The van der Waals surface area contributed by atoms with Crippen molar-refractivity contribution in [3.05, 3.63) is 101 Å². The van der Waals surface area contributed by atoms with Crippen molar-refractivity contribution in [1.29, 1.82) is 0 Å². The molecule has 0 amide bonds. The monoisotopic (exact) mass is 457 g/mol. The van der Waals surface area contributed by atoms with Gasteiger partial charge < -0.3 is 10.2 Å². The van der Waals surface area contributed by atoms with Gasteiger partial charge in [-0.2, -0.15) is 0 Å². The van der Waals surface area contributed by atoms with Crippen LogP contribution in [-0.4, -0.2) is 16.4 Å². The fourth-order valence-electron chi connectivity index (χ4n) is 3.98. The lowest BCUT2D eigenvalue weighted by Gasteiger charge is -2.15. The number of halogens is 2. The fourth-order valence-corrected chi connectivity index (χ4v) is 4.49. The lowest BCUT2D eigenvalue weighted by atomic mass is 9.92. The lowest BCUT2D eigenvalue weighted by Crippen LogP contribution is -1.88. The maximum absolute atomic E-state index is 10.9. The van der Waals surface area contributed by atoms with E-state index in [0.29, 0.717) is 21.8 Å². The average molecular weight is 458 g/mol. The highest BCUT2D eigenvalue weighted by molar-refractivity contribution is 6.36. The van der Waals surface area contributed by atoms with Crippen LogP contribution in [0.15, 0.2) is 89.9 Å². The average Bonchev–Trinajstić information content (AvgIpc) is 2.80. The molecule has 2 N–H and O–H groups in total. The molecule has 5 aromatic rings. The second kappa shape index (κ2) is 8.19. The van der Waals surface area contributed by atoms with Crippen molar-refractivity contribution in [2.45, 2.75) is 0 Å². The summed E-state index contributed by atoms with van der Waals surface area (Å²) in [7, 11) is 0. The van der Waals surface area contributed by atoms with Gasteiger partial charge in [0.25, 0.3) is 0 Å². The molecule has 0 saturated heterocycles. The number of fused-ring (bicyclic) bond motifs is 2. The zero-order chi connectivity index (χ0) is 22.2. The Labute approximate surface area is 194 Å². The van der Waals surface area contributed by atoms with Crippen LogP contribution in [0.5, 0.6) is 11.5 Å². The molecule has 0 atom stereocenters. The van der Waals surface area contributed by atoms with E-state index in [1.54, 1.807) is 12.1 Å². The topological polar surface area (TPSA) is 52.8 Å². The quantitative estimate of drug-likeness (QED) is 0.268. The first kappa shape index (κ1) is 20.4. The molecule has 0 spiro atoms. The third-order valence-electron chi connectivity index (χ3n) is 5.46. The number of phenolic OH excluding ortho intramolecular Hbond substituents is 2. The Morgan fingerprint density at radius 2 is 1.31 bits per heavy atom. The van der Waals surface area contributed by atoms with Crippen LogP contribution >= 0.6 is 23.2 Å². The Morgan fingerprint density at radius 1 is 0.688 bits per heavy atom. The highest BCUT2D eigenvalue weighted by Gasteiger charge is 2.16. The summed E-state index contributed by atoms with van der Waals surface area (Å²) in [4.78, 5) is 4.68. The molecule has 0 aromatic heterocycles. The van der Waals surface area contributed by atoms with Crippen LogP contribution in [0.4, 0.5) is 5.69 Å². The lowest BCUT2D eigenvalue weighted by molar-refractivity contribution is 0.474. The highest BCUT2D eigenvalue weighted by Crippen LogP contribution is 2.45. The SMILES string of the molecule is Oc1ccc2ccccc2c1-c1c(N=Cc2cc(Cl)cc(Cl)c2O)ccc2ccccc12. The van der Waals surface area contributed by atoms with Crippen LogP contribution in [0, 0.1) is 0 Å². The van der Waals surface area contributed by atoms with Gasteiger partial charge in [0.1, 0.15) is 11.5 Å². The number of hydrogen-bond acceptors (Lipinski definition) is 3. The summed E-state index contributed by atoms with van der Waals surface area (Å²) in [5, 5.41) is 25.7. The Balaban J connectivity index is 1.81. The summed E-state index contributed by atoms with van der Waals surface area (Å²) >= 11 is 12.2. The van der Waals surface area contributed by atoms with Gasteiger partial charge in [0.2, 0.25) is 0 Å². The van der Waals surface area contributed by atoms with Crippen LogP contribution in [0.2, 0.25) is 10.0 Å². The van der Waals surface area contributed by atoms with E-state index in [2.05, 4.69) is 4.99 Å². The second-order valence-corrected chi connectivity index (χ2v) is 8.29. The summed E-state index contributed by atoms with van der Waals surface area (Å²) < 4.78 is 0. The Kier molecular flexibility index (Phi) is 5.22. The third-order valence-corrected chi connectivity index (χ3v) is 5.97. The van der Waals surface area contributed by atoms with Gasteiger partial charge >= 0.3 is 0 Å². The van der Waals surface area contributed by atoms with E-state index in [1.807, 2.05) is 66.7 Å². The molecule has 156 valence electrons. The van der Waals surface area contributed by atoms with Crippen LogP contribution in [-0.2, 0) is 0 Å². The van der Waals surface area contributed by atoms with Crippen molar-refractivity contribution < 1.29 is 10.2 Å². The smallest absolute Gasteiger partial charge is 0.143 e. The summed E-state index contributed by atoms with van der Waals surface area (Å²) in [5.41, 5.74) is 2.57.